The maximum Gasteiger partial charge on any atom is 0.340 e. The average Bonchev–Trinajstić information content (AvgIpc) is 2.27. The maximum atomic E-state index is 12.0. The minimum Gasteiger partial charge on any atom is -0.462 e. The summed E-state index contributed by atoms with van der Waals surface area (Å²) in [5.74, 6) is -0.564. The van der Waals surface area contributed by atoms with Crippen molar-refractivity contribution < 1.29 is 18.3 Å². The molecule has 0 spiro atoms. The van der Waals surface area contributed by atoms with Crippen LogP contribution in [0.1, 0.15) is 17.3 Å². The molecule has 0 heterocycles. The lowest BCUT2D eigenvalue weighted by Gasteiger charge is -2.11. The van der Waals surface area contributed by atoms with E-state index < -0.39 is 18.9 Å². The van der Waals surface area contributed by atoms with Crippen LogP contribution in [0.25, 0.3) is 0 Å². The molecule has 0 radical (unpaired) electrons. The van der Waals surface area contributed by atoms with Crippen LogP contribution in [0.4, 0.5) is 20.2 Å². The standard InChI is InChI=1S/C11H14F2N2O2/c1-2-17-11(16)7-4-3-5-8(10(7)14)15-6-9(12)13/h3-5,9,15H,2,6,14H2,1H3. The van der Waals surface area contributed by atoms with E-state index in [1.165, 1.54) is 12.1 Å². The van der Waals surface area contributed by atoms with Crippen LogP contribution in [-0.4, -0.2) is 25.5 Å². The smallest absolute Gasteiger partial charge is 0.340 e. The van der Waals surface area contributed by atoms with Gasteiger partial charge in [0.05, 0.1) is 30.1 Å². The van der Waals surface area contributed by atoms with E-state index in [0.29, 0.717) is 5.69 Å². The minimum absolute atomic E-state index is 0.117. The third kappa shape index (κ3) is 3.58. The van der Waals surface area contributed by atoms with E-state index in [-0.39, 0.29) is 17.9 Å². The number of esters is 1. The number of para-hydroxylation sites is 1. The van der Waals surface area contributed by atoms with Gasteiger partial charge in [0, 0.05) is 0 Å². The van der Waals surface area contributed by atoms with Gasteiger partial charge in [0.1, 0.15) is 0 Å². The molecule has 0 saturated heterocycles. The van der Waals surface area contributed by atoms with E-state index in [9.17, 15) is 13.6 Å². The van der Waals surface area contributed by atoms with E-state index in [1.54, 1.807) is 13.0 Å². The number of hydrogen-bond donors (Lipinski definition) is 2. The lowest BCUT2D eigenvalue weighted by Crippen LogP contribution is -2.14. The molecular weight excluding hydrogens is 230 g/mol. The van der Waals surface area contributed by atoms with Crippen molar-refractivity contribution in [1.82, 2.24) is 0 Å². The van der Waals surface area contributed by atoms with Gasteiger partial charge in [0.15, 0.2) is 0 Å². The quantitative estimate of drug-likeness (QED) is 0.615. The van der Waals surface area contributed by atoms with Gasteiger partial charge in [0.25, 0.3) is 6.43 Å². The Morgan fingerprint density at radius 3 is 2.82 bits per heavy atom. The van der Waals surface area contributed by atoms with Gasteiger partial charge < -0.3 is 15.8 Å². The number of nitrogens with one attached hydrogen (secondary N) is 1. The fraction of sp³-hybridized carbons (Fsp3) is 0.364. The van der Waals surface area contributed by atoms with Crippen molar-refractivity contribution in [2.75, 3.05) is 24.2 Å². The van der Waals surface area contributed by atoms with Gasteiger partial charge in [-0.2, -0.15) is 0 Å². The van der Waals surface area contributed by atoms with E-state index in [4.69, 9.17) is 10.5 Å². The van der Waals surface area contributed by atoms with E-state index in [1.807, 2.05) is 0 Å². The van der Waals surface area contributed by atoms with Crippen molar-refractivity contribution in [1.29, 1.82) is 0 Å². The summed E-state index contributed by atoms with van der Waals surface area (Å²) in [5, 5.41) is 2.47. The van der Waals surface area contributed by atoms with Crippen LogP contribution >= 0.6 is 0 Å². The first-order valence-electron chi connectivity index (χ1n) is 5.13. The first kappa shape index (κ1) is 13.2. The molecule has 0 unspecified atom stereocenters. The maximum absolute atomic E-state index is 12.0. The Morgan fingerprint density at radius 2 is 2.24 bits per heavy atom. The van der Waals surface area contributed by atoms with Gasteiger partial charge in [-0.05, 0) is 19.1 Å². The third-order valence-corrected chi connectivity index (χ3v) is 2.05. The number of nitrogen functional groups attached to an aromatic ring is 1. The zero-order valence-electron chi connectivity index (χ0n) is 9.37. The Kier molecular flexibility index (Phi) is 4.68. The van der Waals surface area contributed by atoms with Gasteiger partial charge >= 0.3 is 5.97 Å². The molecule has 17 heavy (non-hydrogen) atoms. The minimum atomic E-state index is -2.49. The van der Waals surface area contributed by atoms with Crippen LogP contribution in [0.15, 0.2) is 18.2 Å². The highest BCUT2D eigenvalue weighted by Gasteiger charge is 2.13. The number of benzene rings is 1. The summed E-state index contributed by atoms with van der Waals surface area (Å²) >= 11 is 0. The summed E-state index contributed by atoms with van der Waals surface area (Å²) in [6.07, 6.45) is -2.49. The Morgan fingerprint density at radius 1 is 1.53 bits per heavy atom. The number of alkyl halides is 2. The Labute approximate surface area is 97.8 Å². The second-order valence-electron chi connectivity index (χ2n) is 3.26. The zero-order valence-corrected chi connectivity index (χ0v) is 9.37. The molecule has 6 heteroatoms. The average molecular weight is 244 g/mol. The van der Waals surface area contributed by atoms with Gasteiger partial charge in [-0.1, -0.05) is 6.07 Å². The van der Waals surface area contributed by atoms with E-state index >= 15 is 0 Å². The van der Waals surface area contributed by atoms with Crippen molar-refractivity contribution in [3.63, 3.8) is 0 Å². The molecule has 0 amide bonds. The molecule has 0 aliphatic carbocycles. The van der Waals surface area contributed by atoms with Gasteiger partial charge in [0.2, 0.25) is 0 Å². The molecule has 0 bridgehead atoms. The molecule has 3 N–H and O–H groups in total. The van der Waals surface area contributed by atoms with Crippen LogP contribution in [0.3, 0.4) is 0 Å². The first-order chi connectivity index (χ1) is 8.06. The fourth-order valence-corrected chi connectivity index (χ4v) is 1.29. The number of halogens is 2. The summed E-state index contributed by atoms with van der Waals surface area (Å²) in [4.78, 5) is 11.5. The van der Waals surface area contributed by atoms with Crippen molar-refractivity contribution in [3.8, 4) is 0 Å². The third-order valence-electron chi connectivity index (χ3n) is 2.05. The topological polar surface area (TPSA) is 64.3 Å². The first-order valence-corrected chi connectivity index (χ1v) is 5.13. The van der Waals surface area contributed by atoms with Crippen molar-refractivity contribution in [2.45, 2.75) is 13.3 Å². The highest BCUT2D eigenvalue weighted by atomic mass is 19.3. The molecular formula is C11H14F2N2O2. The number of nitrogens with two attached hydrogens (primary N) is 1. The van der Waals surface area contributed by atoms with Crippen molar-refractivity contribution in [2.24, 2.45) is 0 Å². The SMILES string of the molecule is CCOC(=O)c1cccc(NCC(F)F)c1N. The normalized spacial score (nSPS) is 10.4. The number of hydrogen-bond acceptors (Lipinski definition) is 4. The molecule has 0 aliphatic heterocycles. The number of rotatable bonds is 5. The van der Waals surface area contributed by atoms with E-state index in [0.717, 1.165) is 0 Å². The van der Waals surface area contributed by atoms with E-state index in [2.05, 4.69) is 5.32 Å². The summed E-state index contributed by atoms with van der Waals surface area (Å²) in [6, 6.07) is 4.57. The van der Waals surface area contributed by atoms with Gasteiger partial charge in [-0.25, -0.2) is 13.6 Å². The van der Waals surface area contributed by atoms with Crippen LogP contribution < -0.4 is 11.1 Å². The molecule has 94 valence electrons. The number of anilines is 2. The van der Waals surface area contributed by atoms with Crippen LogP contribution in [0.5, 0.6) is 0 Å². The number of ether oxygens (including phenoxy) is 1. The van der Waals surface area contributed by atoms with Crippen LogP contribution in [0, 0.1) is 0 Å². The van der Waals surface area contributed by atoms with Crippen LogP contribution in [0.2, 0.25) is 0 Å². The molecule has 0 saturated carbocycles. The fourth-order valence-electron chi connectivity index (χ4n) is 1.29. The van der Waals surface area contributed by atoms with Gasteiger partial charge in [-0.15, -0.1) is 0 Å². The zero-order chi connectivity index (χ0) is 12.8. The summed E-state index contributed by atoms with van der Waals surface area (Å²) in [6.45, 7) is 1.39. The lowest BCUT2D eigenvalue weighted by molar-refractivity contribution is 0.0527. The number of carbonyl (C=O) groups excluding carboxylic acids is 1. The molecule has 0 aliphatic rings. The van der Waals surface area contributed by atoms with Crippen molar-refractivity contribution >= 4 is 17.3 Å². The monoisotopic (exact) mass is 244 g/mol. The van der Waals surface area contributed by atoms with Crippen LogP contribution in [-0.2, 0) is 4.74 Å². The highest BCUT2D eigenvalue weighted by Crippen LogP contribution is 2.23. The predicted molar refractivity (Wildman–Crippen MR) is 61.3 cm³/mol. The summed E-state index contributed by atoms with van der Waals surface area (Å²) in [5.41, 5.74) is 6.28. The van der Waals surface area contributed by atoms with Crippen molar-refractivity contribution in [3.05, 3.63) is 23.8 Å². The molecule has 1 rings (SSSR count). The summed E-state index contributed by atoms with van der Waals surface area (Å²) in [7, 11) is 0. The predicted octanol–water partition coefficient (Wildman–Crippen LogP) is 2.12. The highest BCUT2D eigenvalue weighted by molar-refractivity contribution is 5.98. The second-order valence-corrected chi connectivity index (χ2v) is 3.26. The Balaban J connectivity index is 2.87. The molecule has 4 nitrogen and oxygen atoms in total. The summed E-state index contributed by atoms with van der Waals surface area (Å²) < 4.78 is 28.9. The molecule has 1 aromatic carbocycles. The second kappa shape index (κ2) is 6.03. The number of carbonyl (C=O) groups is 1. The molecule has 0 aromatic heterocycles. The largest absolute Gasteiger partial charge is 0.462 e. The molecule has 1 aromatic rings. The molecule has 0 atom stereocenters. The lowest BCUT2D eigenvalue weighted by atomic mass is 10.1. The molecule has 0 fully saturated rings. The Bertz CT molecular complexity index is 397. The van der Waals surface area contributed by atoms with Gasteiger partial charge in [-0.3, -0.25) is 0 Å². The Hall–Kier alpha value is -1.85.